The van der Waals surface area contributed by atoms with Gasteiger partial charge >= 0.3 is 0 Å². The number of phenols is 1. The smallest absolute Gasteiger partial charge is 0.254 e. The standard InChI is InChI=1S/C14H20N2O2/c1-10-12(5-2-6-13(10)17)14(18)16-7-3-4-11(8-15)9-16/h2,5-6,11,17H,3-4,7-9,15H2,1H3. The number of hydrogen-bond donors (Lipinski definition) is 2. The van der Waals surface area contributed by atoms with Crippen molar-refractivity contribution in [3.8, 4) is 5.75 Å². The van der Waals surface area contributed by atoms with Crippen molar-refractivity contribution in [1.29, 1.82) is 0 Å². The third-order valence-electron chi connectivity index (χ3n) is 3.68. The number of likely N-dealkylation sites (tertiary alicyclic amines) is 1. The van der Waals surface area contributed by atoms with E-state index >= 15 is 0 Å². The normalized spacial score (nSPS) is 19.9. The van der Waals surface area contributed by atoms with Gasteiger partial charge in [0.25, 0.3) is 5.91 Å². The van der Waals surface area contributed by atoms with Crippen LogP contribution in [0.4, 0.5) is 0 Å². The van der Waals surface area contributed by atoms with Crippen LogP contribution in [-0.4, -0.2) is 35.5 Å². The van der Waals surface area contributed by atoms with Crippen molar-refractivity contribution in [3.05, 3.63) is 29.3 Å². The molecule has 4 heteroatoms. The summed E-state index contributed by atoms with van der Waals surface area (Å²) in [7, 11) is 0. The van der Waals surface area contributed by atoms with Crippen LogP contribution in [0.25, 0.3) is 0 Å². The maximum absolute atomic E-state index is 12.4. The van der Waals surface area contributed by atoms with Crippen LogP contribution in [0.5, 0.6) is 5.75 Å². The van der Waals surface area contributed by atoms with Crippen LogP contribution in [0.1, 0.15) is 28.8 Å². The maximum Gasteiger partial charge on any atom is 0.254 e. The number of carbonyl (C=O) groups excluding carboxylic acids is 1. The molecule has 1 unspecified atom stereocenters. The van der Waals surface area contributed by atoms with Gasteiger partial charge in [-0.2, -0.15) is 0 Å². The summed E-state index contributed by atoms with van der Waals surface area (Å²) in [6.07, 6.45) is 2.10. The van der Waals surface area contributed by atoms with Gasteiger partial charge in [-0.3, -0.25) is 4.79 Å². The predicted molar refractivity (Wildman–Crippen MR) is 70.5 cm³/mol. The highest BCUT2D eigenvalue weighted by molar-refractivity contribution is 5.96. The molecule has 1 aromatic carbocycles. The van der Waals surface area contributed by atoms with E-state index in [1.54, 1.807) is 25.1 Å². The monoisotopic (exact) mass is 248 g/mol. The number of aromatic hydroxyl groups is 1. The summed E-state index contributed by atoms with van der Waals surface area (Å²) >= 11 is 0. The van der Waals surface area contributed by atoms with Crippen molar-refractivity contribution in [2.24, 2.45) is 11.7 Å². The molecule has 0 aromatic heterocycles. The summed E-state index contributed by atoms with van der Waals surface area (Å²) in [5, 5.41) is 9.65. The molecule has 2 rings (SSSR count). The SMILES string of the molecule is Cc1c(O)cccc1C(=O)N1CCCC(CN)C1. The molecule has 1 amide bonds. The lowest BCUT2D eigenvalue weighted by atomic mass is 9.97. The largest absolute Gasteiger partial charge is 0.508 e. The van der Waals surface area contributed by atoms with Gasteiger partial charge in [0.2, 0.25) is 0 Å². The number of nitrogens with two attached hydrogens (primary N) is 1. The Hall–Kier alpha value is -1.55. The Morgan fingerprint density at radius 3 is 3.06 bits per heavy atom. The highest BCUT2D eigenvalue weighted by Crippen LogP contribution is 2.23. The summed E-state index contributed by atoms with van der Waals surface area (Å²) in [6, 6.07) is 5.08. The molecule has 4 nitrogen and oxygen atoms in total. The Labute approximate surface area is 107 Å². The van der Waals surface area contributed by atoms with Crippen LogP contribution in [0.3, 0.4) is 0 Å². The minimum absolute atomic E-state index is 0.00144. The van der Waals surface area contributed by atoms with Crippen molar-refractivity contribution >= 4 is 5.91 Å². The molecule has 1 fully saturated rings. The van der Waals surface area contributed by atoms with E-state index in [2.05, 4.69) is 0 Å². The number of nitrogens with zero attached hydrogens (tertiary/aromatic N) is 1. The van der Waals surface area contributed by atoms with Crippen molar-refractivity contribution in [3.63, 3.8) is 0 Å². The molecule has 1 saturated heterocycles. The number of rotatable bonds is 2. The van der Waals surface area contributed by atoms with Crippen molar-refractivity contribution < 1.29 is 9.90 Å². The van der Waals surface area contributed by atoms with Crippen LogP contribution >= 0.6 is 0 Å². The van der Waals surface area contributed by atoms with E-state index in [-0.39, 0.29) is 11.7 Å². The van der Waals surface area contributed by atoms with Gasteiger partial charge in [-0.05, 0) is 44.4 Å². The van der Waals surface area contributed by atoms with Gasteiger partial charge in [0.1, 0.15) is 5.75 Å². The van der Waals surface area contributed by atoms with Crippen molar-refractivity contribution in [1.82, 2.24) is 4.90 Å². The van der Waals surface area contributed by atoms with Crippen LogP contribution in [0.15, 0.2) is 18.2 Å². The first kappa shape index (κ1) is 12.9. The molecule has 0 aliphatic carbocycles. The summed E-state index contributed by atoms with van der Waals surface area (Å²) in [5.41, 5.74) is 6.92. The summed E-state index contributed by atoms with van der Waals surface area (Å²) < 4.78 is 0. The van der Waals surface area contributed by atoms with Gasteiger partial charge in [-0.1, -0.05) is 6.07 Å². The van der Waals surface area contributed by atoms with Gasteiger partial charge < -0.3 is 15.7 Å². The molecule has 0 spiro atoms. The Balaban J connectivity index is 2.18. The van der Waals surface area contributed by atoms with E-state index in [0.29, 0.717) is 23.6 Å². The van der Waals surface area contributed by atoms with Crippen molar-refractivity contribution in [2.75, 3.05) is 19.6 Å². The summed E-state index contributed by atoms with van der Waals surface area (Å²) in [6.45, 7) is 3.91. The molecule has 0 radical (unpaired) electrons. The molecule has 18 heavy (non-hydrogen) atoms. The maximum atomic E-state index is 12.4. The molecule has 1 aliphatic rings. The number of piperidine rings is 1. The average Bonchev–Trinajstić information content (AvgIpc) is 2.41. The van der Waals surface area contributed by atoms with Gasteiger partial charge in [-0.15, -0.1) is 0 Å². The minimum atomic E-state index is 0.00144. The number of amides is 1. The van der Waals surface area contributed by atoms with E-state index in [9.17, 15) is 9.90 Å². The van der Waals surface area contributed by atoms with Gasteiger partial charge in [0.05, 0.1) is 0 Å². The Morgan fingerprint density at radius 2 is 2.33 bits per heavy atom. The van der Waals surface area contributed by atoms with Crippen LogP contribution in [0, 0.1) is 12.8 Å². The Bertz CT molecular complexity index is 445. The fourth-order valence-corrected chi connectivity index (χ4v) is 2.47. The molecule has 0 bridgehead atoms. The first-order chi connectivity index (χ1) is 8.63. The molecule has 98 valence electrons. The third kappa shape index (κ3) is 2.48. The summed E-state index contributed by atoms with van der Waals surface area (Å²) in [5.74, 6) is 0.579. The second-order valence-electron chi connectivity index (χ2n) is 4.94. The van der Waals surface area contributed by atoms with E-state index in [1.807, 2.05) is 4.90 Å². The molecule has 1 aliphatic heterocycles. The first-order valence-electron chi connectivity index (χ1n) is 6.41. The number of phenolic OH excluding ortho intramolecular Hbond substituents is 1. The summed E-state index contributed by atoms with van der Waals surface area (Å²) in [4.78, 5) is 14.3. The van der Waals surface area contributed by atoms with Crippen LogP contribution < -0.4 is 5.73 Å². The van der Waals surface area contributed by atoms with Crippen LogP contribution in [-0.2, 0) is 0 Å². The second kappa shape index (κ2) is 5.40. The average molecular weight is 248 g/mol. The lowest BCUT2D eigenvalue weighted by molar-refractivity contribution is 0.0677. The molecule has 3 N–H and O–H groups in total. The quantitative estimate of drug-likeness (QED) is 0.833. The fourth-order valence-electron chi connectivity index (χ4n) is 2.47. The fraction of sp³-hybridized carbons (Fsp3) is 0.500. The Kier molecular flexibility index (Phi) is 3.87. The lowest BCUT2D eigenvalue weighted by Gasteiger charge is -2.32. The van der Waals surface area contributed by atoms with Crippen molar-refractivity contribution in [2.45, 2.75) is 19.8 Å². The second-order valence-corrected chi connectivity index (χ2v) is 4.94. The number of benzene rings is 1. The van der Waals surface area contributed by atoms with E-state index < -0.39 is 0 Å². The molecule has 1 heterocycles. The molecule has 0 saturated carbocycles. The molecular formula is C14H20N2O2. The van der Waals surface area contributed by atoms with Gasteiger partial charge in [-0.25, -0.2) is 0 Å². The number of hydrogen-bond acceptors (Lipinski definition) is 3. The first-order valence-corrected chi connectivity index (χ1v) is 6.41. The topological polar surface area (TPSA) is 66.6 Å². The predicted octanol–water partition coefficient (Wildman–Crippen LogP) is 1.51. The van der Waals surface area contributed by atoms with Gasteiger partial charge in [0, 0.05) is 24.2 Å². The number of carbonyl (C=O) groups is 1. The van der Waals surface area contributed by atoms with E-state index in [0.717, 1.165) is 25.9 Å². The van der Waals surface area contributed by atoms with Crippen LogP contribution in [0.2, 0.25) is 0 Å². The van der Waals surface area contributed by atoms with E-state index in [4.69, 9.17) is 5.73 Å². The molecular weight excluding hydrogens is 228 g/mol. The Morgan fingerprint density at radius 1 is 1.56 bits per heavy atom. The highest BCUT2D eigenvalue weighted by Gasteiger charge is 2.24. The lowest BCUT2D eigenvalue weighted by Crippen LogP contribution is -2.42. The molecule has 1 atom stereocenters. The zero-order valence-corrected chi connectivity index (χ0v) is 10.7. The van der Waals surface area contributed by atoms with Gasteiger partial charge in [0.15, 0.2) is 0 Å². The minimum Gasteiger partial charge on any atom is -0.508 e. The highest BCUT2D eigenvalue weighted by atomic mass is 16.3. The third-order valence-corrected chi connectivity index (χ3v) is 3.68. The molecule has 1 aromatic rings. The zero-order chi connectivity index (χ0) is 13.1. The van der Waals surface area contributed by atoms with E-state index in [1.165, 1.54) is 0 Å². The zero-order valence-electron chi connectivity index (χ0n) is 10.7.